The van der Waals surface area contributed by atoms with Crippen LogP contribution in [0.25, 0.3) is 0 Å². The average Bonchev–Trinajstić information content (AvgIpc) is 2.87. The van der Waals surface area contributed by atoms with E-state index in [1.165, 1.54) is 4.90 Å². The number of carbonyl (C=O) groups excluding carboxylic acids is 1. The van der Waals surface area contributed by atoms with Crippen LogP contribution in [0.5, 0.6) is 0 Å². The highest BCUT2D eigenvalue weighted by atomic mass is 16.4. The molecule has 6 heteroatoms. The van der Waals surface area contributed by atoms with Gasteiger partial charge in [0.05, 0.1) is 0 Å². The van der Waals surface area contributed by atoms with E-state index >= 15 is 0 Å². The van der Waals surface area contributed by atoms with E-state index in [4.69, 9.17) is 5.11 Å². The van der Waals surface area contributed by atoms with Gasteiger partial charge in [-0.3, -0.25) is 0 Å². The molecule has 0 aromatic carbocycles. The van der Waals surface area contributed by atoms with Crippen molar-refractivity contribution in [2.24, 2.45) is 0 Å². The molecule has 0 aromatic rings. The molecule has 2 rings (SSSR count). The van der Waals surface area contributed by atoms with E-state index in [0.717, 1.165) is 32.4 Å². The van der Waals surface area contributed by atoms with Gasteiger partial charge in [0, 0.05) is 25.7 Å². The molecule has 2 aliphatic heterocycles. The minimum atomic E-state index is -0.881. The summed E-state index contributed by atoms with van der Waals surface area (Å²) in [4.78, 5) is 29.0. The quantitative estimate of drug-likeness (QED) is 0.801. The Kier molecular flexibility index (Phi) is 4.29. The molecular weight excluding hydrogens is 246 g/mol. The van der Waals surface area contributed by atoms with Gasteiger partial charge in [0.1, 0.15) is 6.04 Å². The van der Waals surface area contributed by atoms with Gasteiger partial charge >= 0.3 is 12.0 Å². The van der Waals surface area contributed by atoms with E-state index in [1.807, 2.05) is 0 Å². The lowest BCUT2D eigenvalue weighted by molar-refractivity contribution is -0.141. The summed E-state index contributed by atoms with van der Waals surface area (Å²) in [6.45, 7) is 2.03. The number of hydrogen-bond acceptors (Lipinski definition) is 3. The maximum Gasteiger partial charge on any atom is 0.326 e. The molecule has 2 amide bonds. The van der Waals surface area contributed by atoms with Gasteiger partial charge in [-0.1, -0.05) is 0 Å². The van der Waals surface area contributed by atoms with Crippen molar-refractivity contribution in [2.75, 3.05) is 33.7 Å². The van der Waals surface area contributed by atoms with Gasteiger partial charge in [0.15, 0.2) is 0 Å². The molecule has 1 N–H and O–H groups in total. The summed E-state index contributed by atoms with van der Waals surface area (Å²) < 4.78 is 0. The zero-order valence-electron chi connectivity index (χ0n) is 11.7. The van der Waals surface area contributed by atoms with E-state index < -0.39 is 12.0 Å². The number of carbonyl (C=O) groups is 2. The fraction of sp³-hybridized carbons (Fsp3) is 0.846. The molecule has 6 nitrogen and oxygen atoms in total. The number of carboxylic acid groups (broad SMARTS) is 1. The van der Waals surface area contributed by atoms with Crippen LogP contribution < -0.4 is 0 Å². The van der Waals surface area contributed by atoms with E-state index in [1.54, 1.807) is 4.90 Å². The maximum absolute atomic E-state index is 12.4. The summed E-state index contributed by atoms with van der Waals surface area (Å²) >= 11 is 0. The number of urea groups is 1. The van der Waals surface area contributed by atoms with Gasteiger partial charge in [0.25, 0.3) is 0 Å². The first-order chi connectivity index (χ1) is 9.00. The number of amides is 2. The Labute approximate surface area is 114 Å². The molecule has 1 atom stereocenters. The molecule has 2 aliphatic rings. The molecule has 0 bridgehead atoms. The molecule has 19 heavy (non-hydrogen) atoms. The first-order valence-electron chi connectivity index (χ1n) is 6.95. The average molecular weight is 269 g/mol. The molecule has 0 radical (unpaired) electrons. The van der Waals surface area contributed by atoms with E-state index in [9.17, 15) is 9.59 Å². The summed E-state index contributed by atoms with van der Waals surface area (Å²) in [5, 5.41) is 9.13. The zero-order valence-corrected chi connectivity index (χ0v) is 11.7. The van der Waals surface area contributed by atoms with Crippen LogP contribution >= 0.6 is 0 Å². The van der Waals surface area contributed by atoms with Crippen LogP contribution in [0.4, 0.5) is 4.79 Å². The first kappa shape index (κ1) is 14.1. The smallest absolute Gasteiger partial charge is 0.326 e. The van der Waals surface area contributed by atoms with Gasteiger partial charge in [-0.25, -0.2) is 9.59 Å². The number of hydrogen-bond donors (Lipinski definition) is 1. The van der Waals surface area contributed by atoms with Gasteiger partial charge in [-0.15, -0.1) is 0 Å². The number of likely N-dealkylation sites (tertiary alicyclic amines) is 2. The number of nitrogens with zero attached hydrogens (tertiary/aromatic N) is 3. The Balaban J connectivity index is 1.92. The third-order valence-corrected chi connectivity index (χ3v) is 4.25. The highest BCUT2D eigenvalue weighted by Gasteiger charge is 2.37. The summed E-state index contributed by atoms with van der Waals surface area (Å²) in [6.07, 6.45) is 3.29. The molecule has 2 fully saturated rings. The predicted molar refractivity (Wildman–Crippen MR) is 71.0 cm³/mol. The maximum atomic E-state index is 12.4. The number of piperidine rings is 1. The van der Waals surface area contributed by atoms with Crippen LogP contribution in [0.3, 0.4) is 0 Å². The SMILES string of the molecule is CN(C)C1CCN(C(=O)N2CCCC2C(=O)O)CC1. The molecule has 2 saturated heterocycles. The third-order valence-electron chi connectivity index (χ3n) is 4.25. The van der Waals surface area contributed by atoms with E-state index in [0.29, 0.717) is 19.0 Å². The van der Waals surface area contributed by atoms with Gasteiger partial charge in [-0.05, 0) is 39.8 Å². The molecule has 0 aromatic heterocycles. The van der Waals surface area contributed by atoms with Gasteiger partial charge in [-0.2, -0.15) is 0 Å². The number of aliphatic carboxylic acids is 1. The standard InChI is InChI=1S/C13H23N3O3/c1-14(2)10-5-8-15(9-6-10)13(19)16-7-3-4-11(16)12(17)18/h10-11H,3-9H2,1-2H3,(H,17,18). The van der Waals surface area contributed by atoms with Crippen LogP contribution in [0.2, 0.25) is 0 Å². The van der Waals surface area contributed by atoms with Crippen molar-refractivity contribution >= 4 is 12.0 Å². The second-order valence-corrected chi connectivity index (χ2v) is 5.65. The third kappa shape index (κ3) is 3.00. The molecule has 2 heterocycles. The molecule has 0 aliphatic carbocycles. The molecule has 0 spiro atoms. The van der Waals surface area contributed by atoms with Crippen molar-refractivity contribution in [2.45, 2.75) is 37.8 Å². The Morgan fingerprint density at radius 1 is 1.11 bits per heavy atom. The highest BCUT2D eigenvalue weighted by Crippen LogP contribution is 2.22. The van der Waals surface area contributed by atoms with Crippen LogP contribution in [0, 0.1) is 0 Å². The number of rotatable bonds is 2. The Bertz CT molecular complexity index is 351. The zero-order chi connectivity index (χ0) is 14.0. The summed E-state index contributed by atoms with van der Waals surface area (Å²) in [5.74, 6) is -0.881. The van der Waals surface area contributed by atoms with Crippen molar-refractivity contribution in [3.05, 3.63) is 0 Å². The fourth-order valence-electron chi connectivity index (χ4n) is 3.01. The van der Waals surface area contributed by atoms with Crippen LogP contribution in [-0.4, -0.2) is 77.6 Å². The lowest BCUT2D eigenvalue weighted by atomic mass is 10.0. The lowest BCUT2D eigenvalue weighted by Crippen LogP contribution is -2.52. The van der Waals surface area contributed by atoms with Crippen molar-refractivity contribution in [3.8, 4) is 0 Å². The predicted octanol–water partition coefficient (Wildman–Crippen LogP) is 0.681. The summed E-state index contributed by atoms with van der Waals surface area (Å²) in [5.41, 5.74) is 0. The summed E-state index contributed by atoms with van der Waals surface area (Å²) in [7, 11) is 4.12. The van der Waals surface area contributed by atoms with Crippen LogP contribution in [-0.2, 0) is 4.79 Å². The fourth-order valence-corrected chi connectivity index (χ4v) is 3.01. The molecular formula is C13H23N3O3. The summed E-state index contributed by atoms with van der Waals surface area (Å²) in [6, 6.07) is -0.195. The lowest BCUT2D eigenvalue weighted by Gasteiger charge is -2.37. The van der Waals surface area contributed by atoms with Crippen molar-refractivity contribution in [3.63, 3.8) is 0 Å². The molecule has 1 unspecified atom stereocenters. The second-order valence-electron chi connectivity index (χ2n) is 5.65. The van der Waals surface area contributed by atoms with Gasteiger partial charge < -0.3 is 19.8 Å². The molecule has 108 valence electrons. The van der Waals surface area contributed by atoms with Gasteiger partial charge in [0.2, 0.25) is 0 Å². The van der Waals surface area contributed by atoms with E-state index in [-0.39, 0.29) is 6.03 Å². The number of carboxylic acids is 1. The topological polar surface area (TPSA) is 64.1 Å². The largest absolute Gasteiger partial charge is 0.480 e. The normalized spacial score (nSPS) is 25.1. The Hall–Kier alpha value is -1.30. The van der Waals surface area contributed by atoms with Crippen molar-refractivity contribution in [1.29, 1.82) is 0 Å². The van der Waals surface area contributed by atoms with Crippen LogP contribution in [0.15, 0.2) is 0 Å². The van der Waals surface area contributed by atoms with E-state index in [2.05, 4.69) is 19.0 Å². The monoisotopic (exact) mass is 269 g/mol. The Morgan fingerprint density at radius 2 is 1.74 bits per heavy atom. The van der Waals surface area contributed by atoms with Crippen LogP contribution in [0.1, 0.15) is 25.7 Å². The minimum absolute atomic E-state index is 0.0953. The minimum Gasteiger partial charge on any atom is -0.480 e. The molecule has 0 saturated carbocycles. The van der Waals surface area contributed by atoms with Crippen molar-refractivity contribution in [1.82, 2.24) is 14.7 Å². The second kappa shape index (κ2) is 5.77. The Morgan fingerprint density at radius 3 is 2.26 bits per heavy atom. The highest BCUT2D eigenvalue weighted by molar-refractivity contribution is 5.83. The van der Waals surface area contributed by atoms with Crippen molar-refractivity contribution < 1.29 is 14.7 Å². The first-order valence-corrected chi connectivity index (χ1v) is 6.95.